The predicted molar refractivity (Wildman–Crippen MR) is 54.5 cm³/mol. The molecule has 3 N–H and O–H groups in total. The van der Waals surface area contributed by atoms with Crippen molar-refractivity contribution < 1.29 is 20.1 Å². The number of carboxylic acids is 1. The van der Waals surface area contributed by atoms with Crippen molar-refractivity contribution in [2.45, 2.75) is 26.1 Å². The van der Waals surface area contributed by atoms with Crippen LogP contribution in [0.5, 0.6) is 0 Å². The molecule has 0 saturated carbocycles. The number of aliphatic hydroxyl groups excluding tert-OH is 2. The third-order valence-electron chi connectivity index (χ3n) is 2.39. The quantitative estimate of drug-likeness (QED) is 0.689. The molecule has 4 nitrogen and oxygen atoms in total. The molecule has 2 atom stereocenters. The van der Waals surface area contributed by atoms with E-state index in [-0.39, 0.29) is 0 Å². The minimum Gasteiger partial charge on any atom is -0.479 e. The number of aryl methyl sites for hydroxylation is 2. The summed E-state index contributed by atoms with van der Waals surface area (Å²) in [4.78, 5) is 10.5. The smallest absolute Gasteiger partial charge is 0.335 e. The SMILES string of the molecule is Cc1cccc(C)c1C(O)C(O)C(=O)O. The molecule has 1 rings (SSSR count). The maximum atomic E-state index is 10.5. The van der Waals surface area contributed by atoms with Crippen LogP contribution in [0.4, 0.5) is 0 Å². The van der Waals surface area contributed by atoms with Crippen LogP contribution in [0.3, 0.4) is 0 Å². The maximum absolute atomic E-state index is 10.5. The molecule has 0 aromatic heterocycles. The van der Waals surface area contributed by atoms with Gasteiger partial charge in [-0.25, -0.2) is 4.79 Å². The molecule has 0 fully saturated rings. The minimum atomic E-state index is -1.79. The summed E-state index contributed by atoms with van der Waals surface area (Å²) in [6.07, 6.45) is -3.17. The highest BCUT2D eigenvalue weighted by molar-refractivity contribution is 5.73. The Morgan fingerprint density at radius 3 is 2.07 bits per heavy atom. The average Bonchev–Trinajstić information content (AvgIpc) is 2.15. The van der Waals surface area contributed by atoms with Crippen LogP contribution in [0.15, 0.2) is 18.2 Å². The average molecular weight is 210 g/mol. The van der Waals surface area contributed by atoms with E-state index in [4.69, 9.17) is 5.11 Å². The van der Waals surface area contributed by atoms with Crippen LogP contribution in [0.2, 0.25) is 0 Å². The van der Waals surface area contributed by atoms with Gasteiger partial charge in [0.1, 0.15) is 6.10 Å². The zero-order chi connectivity index (χ0) is 11.6. The van der Waals surface area contributed by atoms with Gasteiger partial charge >= 0.3 is 5.97 Å². The van der Waals surface area contributed by atoms with E-state index in [2.05, 4.69) is 0 Å². The Labute approximate surface area is 87.8 Å². The minimum absolute atomic E-state index is 0.479. The molecule has 0 aliphatic heterocycles. The van der Waals surface area contributed by atoms with Crippen LogP contribution in [0.1, 0.15) is 22.8 Å². The highest BCUT2D eigenvalue weighted by Crippen LogP contribution is 2.24. The molecular formula is C11H14O4. The van der Waals surface area contributed by atoms with Crippen LogP contribution in [0.25, 0.3) is 0 Å². The first-order valence-corrected chi connectivity index (χ1v) is 4.60. The summed E-state index contributed by atoms with van der Waals surface area (Å²) in [5.41, 5.74) is 2.01. The number of rotatable bonds is 3. The lowest BCUT2D eigenvalue weighted by molar-refractivity contribution is -0.153. The predicted octanol–water partition coefficient (Wildman–Crippen LogP) is 0.782. The second-order valence-electron chi connectivity index (χ2n) is 3.53. The van der Waals surface area contributed by atoms with Gasteiger partial charge in [0.2, 0.25) is 0 Å². The second kappa shape index (κ2) is 4.42. The number of aliphatic hydroxyl groups is 2. The summed E-state index contributed by atoms with van der Waals surface area (Å²) in [6, 6.07) is 5.34. The summed E-state index contributed by atoms with van der Waals surface area (Å²) in [5.74, 6) is -1.43. The van der Waals surface area contributed by atoms with Crippen molar-refractivity contribution in [3.05, 3.63) is 34.9 Å². The van der Waals surface area contributed by atoms with Gasteiger partial charge in [-0.05, 0) is 30.5 Å². The van der Waals surface area contributed by atoms with E-state index in [1.54, 1.807) is 26.0 Å². The van der Waals surface area contributed by atoms with Gasteiger partial charge in [0.25, 0.3) is 0 Å². The van der Waals surface area contributed by atoms with E-state index in [0.29, 0.717) is 5.56 Å². The molecule has 1 aromatic rings. The van der Waals surface area contributed by atoms with Crippen LogP contribution >= 0.6 is 0 Å². The van der Waals surface area contributed by atoms with E-state index in [0.717, 1.165) is 11.1 Å². The van der Waals surface area contributed by atoms with Gasteiger partial charge in [0.05, 0.1) is 0 Å². The summed E-state index contributed by atoms with van der Waals surface area (Å²) in [7, 11) is 0. The third kappa shape index (κ3) is 2.34. The molecule has 82 valence electrons. The summed E-state index contributed by atoms with van der Waals surface area (Å²) < 4.78 is 0. The number of hydrogen-bond acceptors (Lipinski definition) is 3. The van der Waals surface area contributed by atoms with Crippen molar-refractivity contribution in [3.63, 3.8) is 0 Å². The monoisotopic (exact) mass is 210 g/mol. The molecule has 0 spiro atoms. The van der Waals surface area contributed by atoms with E-state index in [1.165, 1.54) is 0 Å². The molecule has 0 bridgehead atoms. The number of hydrogen-bond donors (Lipinski definition) is 3. The molecule has 0 aliphatic rings. The van der Waals surface area contributed by atoms with Crippen molar-refractivity contribution in [1.29, 1.82) is 0 Å². The molecule has 0 aliphatic carbocycles. The molecule has 0 amide bonds. The number of carbonyl (C=O) groups is 1. The first kappa shape index (κ1) is 11.7. The van der Waals surface area contributed by atoms with Gasteiger partial charge in [-0.2, -0.15) is 0 Å². The summed E-state index contributed by atoms with van der Waals surface area (Å²) in [6.45, 7) is 3.53. The van der Waals surface area contributed by atoms with E-state index < -0.39 is 18.2 Å². The van der Waals surface area contributed by atoms with Crippen molar-refractivity contribution in [2.75, 3.05) is 0 Å². The largest absolute Gasteiger partial charge is 0.479 e. The second-order valence-corrected chi connectivity index (χ2v) is 3.53. The van der Waals surface area contributed by atoms with Gasteiger partial charge < -0.3 is 15.3 Å². The van der Waals surface area contributed by atoms with Gasteiger partial charge in [-0.15, -0.1) is 0 Å². The Bertz CT molecular complexity index is 353. The highest BCUT2D eigenvalue weighted by Gasteiger charge is 2.27. The molecule has 1 aromatic carbocycles. The number of aliphatic carboxylic acids is 1. The molecule has 0 saturated heterocycles. The Hall–Kier alpha value is -1.39. The molecule has 4 heteroatoms. The zero-order valence-electron chi connectivity index (χ0n) is 8.64. The zero-order valence-corrected chi connectivity index (χ0v) is 8.64. The molecule has 0 heterocycles. The van der Waals surface area contributed by atoms with Gasteiger partial charge in [0.15, 0.2) is 6.10 Å². The Morgan fingerprint density at radius 2 is 1.67 bits per heavy atom. The van der Waals surface area contributed by atoms with Gasteiger partial charge in [-0.3, -0.25) is 0 Å². The first-order valence-electron chi connectivity index (χ1n) is 4.60. The van der Waals surface area contributed by atoms with Crippen molar-refractivity contribution in [1.82, 2.24) is 0 Å². The molecule has 15 heavy (non-hydrogen) atoms. The van der Waals surface area contributed by atoms with E-state index in [9.17, 15) is 15.0 Å². The Morgan fingerprint density at radius 1 is 1.20 bits per heavy atom. The van der Waals surface area contributed by atoms with Gasteiger partial charge in [-0.1, -0.05) is 18.2 Å². The first-order chi connectivity index (χ1) is 6.95. The van der Waals surface area contributed by atoms with Crippen molar-refractivity contribution in [2.24, 2.45) is 0 Å². The van der Waals surface area contributed by atoms with E-state index >= 15 is 0 Å². The van der Waals surface area contributed by atoms with Crippen LogP contribution in [0, 0.1) is 13.8 Å². The van der Waals surface area contributed by atoms with Crippen molar-refractivity contribution in [3.8, 4) is 0 Å². The third-order valence-corrected chi connectivity index (χ3v) is 2.39. The van der Waals surface area contributed by atoms with Crippen LogP contribution in [-0.4, -0.2) is 27.4 Å². The fourth-order valence-electron chi connectivity index (χ4n) is 1.59. The van der Waals surface area contributed by atoms with Crippen LogP contribution in [-0.2, 0) is 4.79 Å². The maximum Gasteiger partial charge on any atom is 0.335 e. The fraction of sp³-hybridized carbons (Fsp3) is 0.364. The number of benzene rings is 1. The standard InChI is InChI=1S/C11H14O4/c1-6-4-3-5-7(2)8(6)9(12)10(13)11(14)15/h3-5,9-10,12-13H,1-2H3,(H,14,15). The summed E-state index contributed by atoms with van der Waals surface area (Å²) >= 11 is 0. The Balaban J connectivity index is 3.10. The molecule has 2 unspecified atom stereocenters. The lowest BCUT2D eigenvalue weighted by atomic mass is 9.95. The van der Waals surface area contributed by atoms with E-state index in [1.807, 2.05) is 6.07 Å². The topological polar surface area (TPSA) is 77.8 Å². The Kier molecular flexibility index (Phi) is 3.44. The fourth-order valence-corrected chi connectivity index (χ4v) is 1.59. The molecule has 0 radical (unpaired) electrons. The molecular weight excluding hydrogens is 196 g/mol. The summed E-state index contributed by atoms with van der Waals surface area (Å²) in [5, 5.41) is 27.5. The van der Waals surface area contributed by atoms with Crippen LogP contribution < -0.4 is 0 Å². The van der Waals surface area contributed by atoms with Crippen molar-refractivity contribution >= 4 is 5.97 Å². The lowest BCUT2D eigenvalue weighted by Gasteiger charge is -2.18. The highest BCUT2D eigenvalue weighted by atomic mass is 16.4. The lowest BCUT2D eigenvalue weighted by Crippen LogP contribution is -2.28. The number of carboxylic acid groups (broad SMARTS) is 1. The normalized spacial score (nSPS) is 14.7. The van der Waals surface area contributed by atoms with Gasteiger partial charge in [0, 0.05) is 0 Å².